The van der Waals surface area contributed by atoms with Crippen molar-refractivity contribution in [3.05, 3.63) is 59.2 Å². The molecule has 0 amide bonds. The second-order valence-corrected chi connectivity index (χ2v) is 5.46. The molecule has 1 aromatic carbocycles. The standard InChI is InChI=1S/C18H24N2/c1-14-9-7-8-12-18(14)16(3)20-19-13-15(2)17-10-5-4-6-11-17/h5,7-12,15,19H,4,6,13H2,1-3H3/b20-16+. The van der Waals surface area contributed by atoms with Crippen molar-refractivity contribution in [2.24, 2.45) is 11.0 Å². The lowest BCUT2D eigenvalue weighted by atomic mass is 9.96. The molecule has 0 spiro atoms. The van der Waals surface area contributed by atoms with Gasteiger partial charge >= 0.3 is 0 Å². The number of benzene rings is 1. The summed E-state index contributed by atoms with van der Waals surface area (Å²) < 4.78 is 0. The first-order chi connectivity index (χ1) is 9.68. The summed E-state index contributed by atoms with van der Waals surface area (Å²) in [5.74, 6) is 0.500. The lowest BCUT2D eigenvalue weighted by molar-refractivity contribution is 0.596. The van der Waals surface area contributed by atoms with Crippen LogP contribution in [0.15, 0.2) is 53.2 Å². The van der Waals surface area contributed by atoms with Crippen LogP contribution >= 0.6 is 0 Å². The van der Waals surface area contributed by atoms with Crippen molar-refractivity contribution in [3.8, 4) is 0 Å². The minimum atomic E-state index is 0.500. The van der Waals surface area contributed by atoms with Crippen molar-refractivity contribution >= 4 is 5.71 Å². The second kappa shape index (κ2) is 7.09. The van der Waals surface area contributed by atoms with Crippen LogP contribution in [-0.4, -0.2) is 12.3 Å². The Labute approximate surface area is 122 Å². The lowest BCUT2D eigenvalue weighted by Gasteiger charge is -2.15. The van der Waals surface area contributed by atoms with Gasteiger partial charge in [0.05, 0.1) is 5.71 Å². The van der Waals surface area contributed by atoms with Gasteiger partial charge in [-0.3, -0.25) is 0 Å². The quantitative estimate of drug-likeness (QED) is 0.627. The molecule has 2 heteroatoms. The summed E-state index contributed by atoms with van der Waals surface area (Å²) in [7, 11) is 0. The SMILES string of the molecule is C/C(=N\NCC(C)C1=CCCC=C1)c1ccccc1C. The first-order valence-electron chi connectivity index (χ1n) is 7.38. The third-order valence-electron chi connectivity index (χ3n) is 3.77. The minimum absolute atomic E-state index is 0.500. The van der Waals surface area contributed by atoms with Gasteiger partial charge in [-0.25, -0.2) is 0 Å². The van der Waals surface area contributed by atoms with Gasteiger partial charge in [-0.2, -0.15) is 5.10 Å². The summed E-state index contributed by atoms with van der Waals surface area (Å²) in [5, 5.41) is 4.51. The highest BCUT2D eigenvalue weighted by atomic mass is 15.3. The molecule has 0 aromatic heterocycles. The monoisotopic (exact) mass is 268 g/mol. The predicted octanol–water partition coefficient (Wildman–Crippen LogP) is 4.22. The highest BCUT2D eigenvalue weighted by Gasteiger charge is 2.07. The van der Waals surface area contributed by atoms with Crippen molar-refractivity contribution in [2.45, 2.75) is 33.6 Å². The Kier molecular flexibility index (Phi) is 5.16. The van der Waals surface area contributed by atoms with Gasteiger partial charge in [-0.05, 0) is 43.7 Å². The maximum absolute atomic E-state index is 4.51. The first-order valence-corrected chi connectivity index (χ1v) is 7.38. The molecule has 1 unspecified atom stereocenters. The van der Waals surface area contributed by atoms with Crippen LogP contribution in [0.1, 0.15) is 37.8 Å². The largest absolute Gasteiger partial charge is 0.309 e. The van der Waals surface area contributed by atoms with Crippen molar-refractivity contribution in [3.63, 3.8) is 0 Å². The number of hydrazone groups is 1. The number of rotatable bonds is 5. The molecular weight excluding hydrogens is 244 g/mol. The molecule has 20 heavy (non-hydrogen) atoms. The second-order valence-electron chi connectivity index (χ2n) is 5.46. The van der Waals surface area contributed by atoms with Crippen LogP contribution < -0.4 is 5.43 Å². The van der Waals surface area contributed by atoms with E-state index in [4.69, 9.17) is 0 Å². The first kappa shape index (κ1) is 14.6. The molecule has 0 aliphatic heterocycles. The summed E-state index contributed by atoms with van der Waals surface area (Å²) in [5.41, 5.74) is 8.17. The maximum Gasteiger partial charge on any atom is 0.0646 e. The third kappa shape index (κ3) is 3.83. The summed E-state index contributed by atoms with van der Waals surface area (Å²) in [6, 6.07) is 8.35. The van der Waals surface area contributed by atoms with Crippen molar-refractivity contribution in [2.75, 3.05) is 6.54 Å². The number of hydrogen-bond donors (Lipinski definition) is 1. The van der Waals surface area contributed by atoms with Crippen LogP contribution in [0.25, 0.3) is 0 Å². The van der Waals surface area contributed by atoms with Gasteiger partial charge in [0.2, 0.25) is 0 Å². The number of nitrogens with zero attached hydrogens (tertiary/aromatic N) is 1. The van der Waals surface area contributed by atoms with E-state index in [2.05, 4.69) is 73.8 Å². The van der Waals surface area contributed by atoms with Gasteiger partial charge in [-0.1, -0.05) is 49.4 Å². The fourth-order valence-electron chi connectivity index (χ4n) is 2.46. The fraction of sp³-hybridized carbons (Fsp3) is 0.389. The van der Waals surface area contributed by atoms with E-state index in [-0.39, 0.29) is 0 Å². The Morgan fingerprint density at radius 3 is 2.80 bits per heavy atom. The molecule has 1 N–H and O–H groups in total. The van der Waals surface area contributed by atoms with Crippen molar-refractivity contribution in [1.82, 2.24) is 5.43 Å². The van der Waals surface area contributed by atoms with E-state index in [9.17, 15) is 0 Å². The number of allylic oxidation sites excluding steroid dienone is 3. The summed E-state index contributed by atoms with van der Waals surface area (Å²) in [6.45, 7) is 7.29. The molecule has 0 saturated carbocycles. The van der Waals surface area contributed by atoms with E-state index in [1.807, 2.05) is 0 Å². The van der Waals surface area contributed by atoms with Gasteiger partial charge in [0.1, 0.15) is 0 Å². The molecule has 0 fully saturated rings. The van der Waals surface area contributed by atoms with Gasteiger partial charge in [0.15, 0.2) is 0 Å². The molecule has 1 aliphatic rings. The molecule has 106 valence electrons. The molecule has 0 saturated heterocycles. The summed E-state index contributed by atoms with van der Waals surface area (Å²) >= 11 is 0. The van der Waals surface area contributed by atoms with Crippen LogP contribution in [0.3, 0.4) is 0 Å². The van der Waals surface area contributed by atoms with Gasteiger partial charge in [0, 0.05) is 12.1 Å². The molecule has 0 bridgehead atoms. The number of nitrogens with one attached hydrogen (secondary N) is 1. The zero-order chi connectivity index (χ0) is 14.4. The molecule has 2 rings (SSSR count). The number of hydrogen-bond acceptors (Lipinski definition) is 2. The van der Waals surface area contributed by atoms with E-state index >= 15 is 0 Å². The van der Waals surface area contributed by atoms with Crippen molar-refractivity contribution < 1.29 is 0 Å². The average Bonchev–Trinajstić information content (AvgIpc) is 2.48. The molecule has 0 radical (unpaired) electrons. The van der Waals surface area contributed by atoms with Crippen LogP contribution in [0.2, 0.25) is 0 Å². The van der Waals surface area contributed by atoms with Gasteiger partial charge in [0.25, 0.3) is 0 Å². The topological polar surface area (TPSA) is 24.4 Å². The van der Waals surface area contributed by atoms with Crippen LogP contribution in [0.4, 0.5) is 0 Å². The van der Waals surface area contributed by atoms with Crippen LogP contribution in [0.5, 0.6) is 0 Å². The average molecular weight is 268 g/mol. The highest BCUT2D eigenvalue weighted by molar-refractivity contribution is 5.99. The maximum atomic E-state index is 4.51. The highest BCUT2D eigenvalue weighted by Crippen LogP contribution is 2.17. The molecule has 2 nitrogen and oxygen atoms in total. The summed E-state index contributed by atoms with van der Waals surface area (Å²) in [6.07, 6.45) is 9.18. The number of aryl methyl sites for hydroxylation is 1. The predicted molar refractivity (Wildman–Crippen MR) is 87.0 cm³/mol. The molecule has 1 aromatic rings. The Morgan fingerprint density at radius 1 is 1.30 bits per heavy atom. The minimum Gasteiger partial charge on any atom is -0.309 e. The lowest BCUT2D eigenvalue weighted by Crippen LogP contribution is -2.19. The van der Waals surface area contributed by atoms with Gasteiger partial charge < -0.3 is 5.43 Å². The Hall–Kier alpha value is -1.83. The molecule has 1 aliphatic carbocycles. The van der Waals surface area contributed by atoms with E-state index < -0.39 is 0 Å². The zero-order valence-corrected chi connectivity index (χ0v) is 12.7. The molecule has 0 heterocycles. The van der Waals surface area contributed by atoms with Crippen LogP contribution in [0, 0.1) is 12.8 Å². The van der Waals surface area contributed by atoms with Crippen molar-refractivity contribution in [1.29, 1.82) is 0 Å². The van der Waals surface area contributed by atoms with Crippen LogP contribution in [-0.2, 0) is 0 Å². The normalized spacial score (nSPS) is 16.8. The summed E-state index contributed by atoms with van der Waals surface area (Å²) in [4.78, 5) is 0. The smallest absolute Gasteiger partial charge is 0.0646 e. The zero-order valence-electron chi connectivity index (χ0n) is 12.7. The Bertz CT molecular complexity index is 538. The van der Waals surface area contributed by atoms with E-state index in [1.54, 1.807) is 0 Å². The van der Waals surface area contributed by atoms with Gasteiger partial charge in [-0.15, -0.1) is 0 Å². The third-order valence-corrected chi connectivity index (χ3v) is 3.77. The van der Waals surface area contributed by atoms with E-state index in [0.29, 0.717) is 5.92 Å². The van der Waals surface area contributed by atoms with E-state index in [1.165, 1.54) is 29.5 Å². The Balaban J connectivity index is 1.91. The Morgan fingerprint density at radius 2 is 2.10 bits per heavy atom. The fourth-order valence-corrected chi connectivity index (χ4v) is 2.46. The van der Waals surface area contributed by atoms with E-state index in [0.717, 1.165) is 12.3 Å². The molecular formula is C18H24N2. The molecule has 1 atom stereocenters.